The molecule has 3 heteroatoms. The third-order valence-corrected chi connectivity index (χ3v) is 6.17. The highest BCUT2D eigenvalue weighted by atomic mass is 16.5. The molecule has 0 unspecified atom stereocenters. The highest BCUT2D eigenvalue weighted by molar-refractivity contribution is 5.17. The molecule has 2 fully saturated rings. The lowest BCUT2D eigenvalue weighted by atomic mass is 9.68. The third-order valence-electron chi connectivity index (χ3n) is 6.17. The van der Waals surface area contributed by atoms with Gasteiger partial charge in [-0.2, -0.15) is 0 Å². The minimum Gasteiger partial charge on any atom is -0.376 e. The molecule has 0 aromatic heterocycles. The van der Waals surface area contributed by atoms with Crippen LogP contribution in [0.4, 0.5) is 0 Å². The van der Waals surface area contributed by atoms with Crippen LogP contribution in [0.3, 0.4) is 0 Å². The number of nitrogens with one attached hydrogen (secondary N) is 2. The Labute approximate surface area is 148 Å². The number of quaternary nitrogens is 2. The molecular formula is C21H36N2O+2. The second kappa shape index (κ2) is 7.55. The van der Waals surface area contributed by atoms with E-state index in [1.54, 1.807) is 4.90 Å². The van der Waals surface area contributed by atoms with Crippen LogP contribution in [-0.4, -0.2) is 52.0 Å². The lowest BCUT2D eigenvalue weighted by molar-refractivity contribution is -1.00. The Morgan fingerprint density at radius 2 is 1.75 bits per heavy atom. The van der Waals surface area contributed by atoms with Crippen molar-refractivity contribution in [3.8, 4) is 0 Å². The molecule has 3 nitrogen and oxygen atoms in total. The Balaban J connectivity index is 1.67. The van der Waals surface area contributed by atoms with Gasteiger partial charge in [-0.25, -0.2) is 0 Å². The Bertz CT molecular complexity index is 508. The van der Waals surface area contributed by atoms with Crippen LogP contribution in [0.25, 0.3) is 0 Å². The van der Waals surface area contributed by atoms with Gasteiger partial charge < -0.3 is 14.5 Å². The molecule has 2 heterocycles. The number of likely N-dealkylation sites (N-methyl/N-ethyl adjacent to an activating group) is 1. The minimum absolute atomic E-state index is 0.0224. The van der Waals surface area contributed by atoms with E-state index in [9.17, 15) is 0 Å². The topological polar surface area (TPSA) is 18.1 Å². The summed E-state index contributed by atoms with van der Waals surface area (Å²) in [6.45, 7) is 12.1. The van der Waals surface area contributed by atoms with Crippen molar-refractivity contribution in [1.29, 1.82) is 0 Å². The molecular weight excluding hydrogens is 296 g/mol. The van der Waals surface area contributed by atoms with E-state index in [1.807, 2.05) is 4.90 Å². The molecule has 1 atom stereocenters. The maximum Gasteiger partial charge on any atom is 0.127 e. The highest BCUT2D eigenvalue weighted by Crippen LogP contribution is 2.43. The molecule has 0 bridgehead atoms. The van der Waals surface area contributed by atoms with Crippen molar-refractivity contribution in [3.63, 3.8) is 0 Å². The Hall–Kier alpha value is -0.900. The zero-order valence-electron chi connectivity index (χ0n) is 15.9. The summed E-state index contributed by atoms with van der Waals surface area (Å²) in [6, 6.07) is 11.1. The van der Waals surface area contributed by atoms with E-state index in [4.69, 9.17) is 4.74 Å². The van der Waals surface area contributed by atoms with E-state index in [2.05, 4.69) is 51.2 Å². The SMILES string of the molecule is C[NH+]1CC[NH+](CC[C@@]2(Cc3ccccc3)CCOC(C)(C)C2)CC1. The molecule has 2 saturated heterocycles. The molecule has 24 heavy (non-hydrogen) atoms. The molecule has 1 aromatic rings. The summed E-state index contributed by atoms with van der Waals surface area (Å²) < 4.78 is 6.05. The van der Waals surface area contributed by atoms with Gasteiger partial charge in [0.05, 0.1) is 19.2 Å². The van der Waals surface area contributed by atoms with E-state index < -0.39 is 0 Å². The maximum atomic E-state index is 6.05. The van der Waals surface area contributed by atoms with Crippen LogP contribution < -0.4 is 9.80 Å². The molecule has 2 aliphatic rings. The maximum absolute atomic E-state index is 6.05. The Morgan fingerprint density at radius 1 is 1.04 bits per heavy atom. The van der Waals surface area contributed by atoms with Crippen LogP contribution in [-0.2, 0) is 11.2 Å². The lowest BCUT2D eigenvalue weighted by Gasteiger charge is -2.45. The van der Waals surface area contributed by atoms with Gasteiger partial charge in [-0.1, -0.05) is 30.3 Å². The molecule has 0 spiro atoms. The van der Waals surface area contributed by atoms with Gasteiger partial charge in [0.15, 0.2) is 0 Å². The molecule has 2 aliphatic heterocycles. The van der Waals surface area contributed by atoms with Crippen molar-refractivity contribution in [2.75, 3.05) is 46.4 Å². The first-order valence-electron chi connectivity index (χ1n) is 9.79. The smallest absolute Gasteiger partial charge is 0.127 e. The van der Waals surface area contributed by atoms with Gasteiger partial charge in [0.1, 0.15) is 26.2 Å². The van der Waals surface area contributed by atoms with Gasteiger partial charge in [0.2, 0.25) is 0 Å². The zero-order chi connectivity index (χ0) is 17.0. The largest absolute Gasteiger partial charge is 0.376 e. The number of piperazine rings is 1. The summed E-state index contributed by atoms with van der Waals surface area (Å²) in [5.74, 6) is 0. The van der Waals surface area contributed by atoms with Crippen molar-refractivity contribution in [2.45, 2.75) is 45.1 Å². The first-order valence-corrected chi connectivity index (χ1v) is 9.79. The molecule has 0 radical (unpaired) electrons. The fraction of sp³-hybridized carbons (Fsp3) is 0.714. The number of benzene rings is 1. The van der Waals surface area contributed by atoms with Gasteiger partial charge in [-0.05, 0) is 44.1 Å². The summed E-state index contributed by atoms with van der Waals surface area (Å²) in [5.41, 5.74) is 1.93. The number of ether oxygens (including phenoxy) is 1. The van der Waals surface area contributed by atoms with E-state index >= 15 is 0 Å². The Kier molecular flexibility index (Phi) is 5.63. The van der Waals surface area contributed by atoms with E-state index in [1.165, 1.54) is 64.0 Å². The molecule has 0 aliphatic carbocycles. The molecule has 1 aromatic carbocycles. The summed E-state index contributed by atoms with van der Waals surface area (Å²) >= 11 is 0. The summed E-state index contributed by atoms with van der Waals surface area (Å²) in [6.07, 6.45) is 4.94. The van der Waals surface area contributed by atoms with Crippen molar-refractivity contribution in [1.82, 2.24) is 0 Å². The zero-order valence-corrected chi connectivity index (χ0v) is 15.9. The third kappa shape index (κ3) is 4.81. The van der Waals surface area contributed by atoms with Gasteiger partial charge >= 0.3 is 0 Å². The molecule has 0 saturated carbocycles. The van der Waals surface area contributed by atoms with Gasteiger partial charge in [0.25, 0.3) is 0 Å². The Morgan fingerprint density at radius 3 is 2.42 bits per heavy atom. The van der Waals surface area contributed by atoms with Crippen LogP contribution in [0, 0.1) is 5.41 Å². The second-order valence-electron chi connectivity index (χ2n) is 8.90. The fourth-order valence-corrected chi connectivity index (χ4v) is 4.79. The van der Waals surface area contributed by atoms with Gasteiger partial charge in [-0.3, -0.25) is 0 Å². The number of hydrogen-bond acceptors (Lipinski definition) is 1. The summed E-state index contributed by atoms with van der Waals surface area (Å²) in [5, 5.41) is 0. The van der Waals surface area contributed by atoms with Crippen LogP contribution in [0.2, 0.25) is 0 Å². The minimum atomic E-state index is 0.0224. The normalized spacial score (nSPS) is 33.3. The van der Waals surface area contributed by atoms with Crippen molar-refractivity contribution < 1.29 is 14.5 Å². The summed E-state index contributed by atoms with van der Waals surface area (Å²) in [4.78, 5) is 3.52. The first kappa shape index (κ1) is 17.9. The molecule has 2 N–H and O–H groups in total. The van der Waals surface area contributed by atoms with E-state index in [0.717, 1.165) is 6.61 Å². The van der Waals surface area contributed by atoms with Crippen LogP contribution in [0.1, 0.15) is 38.7 Å². The monoisotopic (exact) mass is 332 g/mol. The van der Waals surface area contributed by atoms with Crippen LogP contribution in [0.15, 0.2) is 30.3 Å². The first-order chi connectivity index (χ1) is 11.5. The quantitative estimate of drug-likeness (QED) is 0.808. The molecule has 134 valence electrons. The van der Waals surface area contributed by atoms with E-state index in [0.29, 0.717) is 5.41 Å². The fourth-order valence-electron chi connectivity index (χ4n) is 4.79. The van der Waals surface area contributed by atoms with Gasteiger partial charge in [0, 0.05) is 13.0 Å². The molecule has 3 rings (SSSR count). The lowest BCUT2D eigenvalue weighted by Crippen LogP contribution is -3.27. The van der Waals surface area contributed by atoms with Crippen molar-refractivity contribution in [2.24, 2.45) is 5.41 Å². The van der Waals surface area contributed by atoms with Crippen molar-refractivity contribution in [3.05, 3.63) is 35.9 Å². The van der Waals surface area contributed by atoms with Crippen LogP contribution >= 0.6 is 0 Å². The molecule has 0 amide bonds. The highest BCUT2D eigenvalue weighted by Gasteiger charge is 2.41. The second-order valence-corrected chi connectivity index (χ2v) is 8.90. The summed E-state index contributed by atoms with van der Waals surface area (Å²) in [7, 11) is 2.33. The predicted octanol–water partition coefficient (Wildman–Crippen LogP) is 0.608. The average Bonchev–Trinajstić information content (AvgIpc) is 2.54. The van der Waals surface area contributed by atoms with Crippen LogP contribution in [0.5, 0.6) is 0 Å². The standard InChI is InChI=1S/C21H34N2O/c1-20(2)18-21(10-16-24-20,17-19-7-5-4-6-8-19)9-11-23-14-12-22(3)13-15-23/h4-8H,9-18H2,1-3H3/p+2/t21-/m0/s1. The van der Waals surface area contributed by atoms with Gasteiger partial charge in [-0.15, -0.1) is 0 Å². The van der Waals surface area contributed by atoms with E-state index in [-0.39, 0.29) is 5.60 Å². The number of hydrogen-bond donors (Lipinski definition) is 2. The average molecular weight is 333 g/mol. The predicted molar refractivity (Wildman–Crippen MR) is 98.6 cm³/mol. The number of rotatable bonds is 5. The van der Waals surface area contributed by atoms with Crippen molar-refractivity contribution >= 4 is 0 Å².